The van der Waals surface area contributed by atoms with Crippen molar-refractivity contribution in [2.45, 2.75) is 19.6 Å². The fourth-order valence-corrected chi connectivity index (χ4v) is 3.49. The maximum absolute atomic E-state index is 10.4. The predicted octanol–water partition coefficient (Wildman–Crippen LogP) is 4.85. The molecule has 1 unspecified atom stereocenters. The largest absolute Gasteiger partial charge is 0.491 e. The van der Waals surface area contributed by atoms with Crippen LogP contribution < -0.4 is 4.74 Å². The van der Waals surface area contributed by atoms with Crippen molar-refractivity contribution in [1.82, 2.24) is 4.90 Å². The quantitative estimate of drug-likeness (QED) is 0.478. The van der Waals surface area contributed by atoms with Crippen LogP contribution in [0.25, 0.3) is 21.9 Å². The zero-order valence-corrected chi connectivity index (χ0v) is 16.0. The van der Waals surface area contributed by atoms with Gasteiger partial charge < -0.3 is 14.3 Å². The second-order valence-electron chi connectivity index (χ2n) is 7.03. The topological polar surface area (TPSA) is 45.8 Å². The molecular weight excluding hydrogens is 350 g/mol. The van der Waals surface area contributed by atoms with E-state index in [9.17, 15) is 5.11 Å². The van der Waals surface area contributed by atoms with Crippen LogP contribution in [0, 0.1) is 0 Å². The second kappa shape index (κ2) is 8.46. The van der Waals surface area contributed by atoms with E-state index in [-0.39, 0.29) is 6.61 Å². The van der Waals surface area contributed by atoms with E-state index < -0.39 is 6.10 Å². The number of aliphatic hydroxyl groups is 1. The predicted molar refractivity (Wildman–Crippen MR) is 113 cm³/mol. The lowest BCUT2D eigenvalue weighted by Crippen LogP contribution is -2.35. The molecule has 0 aliphatic heterocycles. The molecular formula is C24H25NO3. The lowest BCUT2D eigenvalue weighted by Gasteiger charge is -2.23. The fourth-order valence-electron chi connectivity index (χ4n) is 3.49. The van der Waals surface area contributed by atoms with Gasteiger partial charge in [0.1, 0.15) is 29.6 Å². The van der Waals surface area contributed by atoms with Crippen molar-refractivity contribution in [3.63, 3.8) is 0 Å². The summed E-state index contributed by atoms with van der Waals surface area (Å²) in [4.78, 5) is 2.22. The van der Waals surface area contributed by atoms with Crippen LogP contribution in [0.2, 0.25) is 0 Å². The lowest BCUT2D eigenvalue weighted by molar-refractivity contribution is 0.0675. The minimum atomic E-state index is -0.555. The van der Waals surface area contributed by atoms with E-state index in [1.165, 1.54) is 5.56 Å². The summed E-state index contributed by atoms with van der Waals surface area (Å²) in [6.45, 7) is 4.63. The molecule has 0 bridgehead atoms. The molecule has 4 rings (SSSR count). The monoisotopic (exact) mass is 375 g/mol. The molecule has 3 aromatic carbocycles. The Morgan fingerprint density at radius 1 is 0.929 bits per heavy atom. The molecule has 1 heterocycles. The highest BCUT2D eigenvalue weighted by atomic mass is 16.5. The highest BCUT2D eigenvalue weighted by Gasteiger charge is 2.13. The van der Waals surface area contributed by atoms with Gasteiger partial charge in [0.2, 0.25) is 0 Å². The zero-order chi connectivity index (χ0) is 19.3. The number of likely N-dealkylation sites (N-methyl/N-ethyl adjacent to an activating group) is 1. The van der Waals surface area contributed by atoms with E-state index in [2.05, 4.69) is 24.0 Å². The first kappa shape index (κ1) is 18.5. The molecule has 0 saturated heterocycles. The molecule has 144 valence electrons. The molecule has 0 aliphatic carbocycles. The van der Waals surface area contributed by atoms with Crippen molar-refractivity contribution in [2.75, 3.05) is 19.7 Å². The summed E-state index contributed by atoms with van der Waals surface area (Å²) in [5.41, 5.74) is 2.96. The van der Waals surface area contributed by atoms with Gasteiger partial charge in [0.15, 0.2) is 0 Å². The molecule has 0 radical (unpaired) electrons. The Bertz CT molecular complexity index is 1040. The SMILES string of the molecule is CCN(Cc1ccccc1)CC(O)COc1ccc2oc3ccccc3c2c1. The number of hydrogen-bond acceptors (Lipinski definition) is 4. The van der Waals surface area contributed by atoms with Gasteiger partial charge in [-0.05, 0) is 36.4 Å². The van der Waals surface area contributed by atoms with Crippen LogP contribution in [-0.2, 0) is 6.54 Å². The molecule has 28 heavy (non-hydrogen) atoms. The summed E-state index contributed by atoms with van der Waals surface area (Å²) in [6, 6.07) is 24.1. The highest BCUT2D eigenvalue weighted by molar-refractivity contribution is 6.05. The van der Waals surface area contributed by atoms with Crippen LogP contribution in [0.3, 0.4) is 0 Å². The summed E-state index contributed by atoms with van der Waals surface area (Å²) in [7, 11) is 0. The van der Waals surface area contributed by atoms with E-state index in [1.807, 2.05) is 60.7 Å². The maximum atomic E-state index is 10.4. The number of nitrogens with zero attached hydrogens (tertiary/aromatic N) is 1. The van der Waals surface area contributed by atoms with Gasteiger partial charge in [-0.15, -0.1) is 0 Å². The number of hydrogen-bond donors (Lipinski definition) is 1. The Morgan fingerprint density at radius 3 is 2.50 bits per heavy atom. The van der Waals surface area contributed by atoms with Gasteiger partial charge in [-0.3, -0.25) is 4.90 Å². The van der Waals surface area contributed by atoms with E-state index >= 15 is 0 Å². The molecule has 4 heteroatoms. The molecule has 1 aromatic heterocycles. The molecule has 0 fully saturated rings. The molecule has 0 saturated carbocycles. The molecule has 4 aromatic rings. The average Bonchev–Trinajstić information content (AvgIpc) is 3.10. The number of aliphatic hydroxyl groups excluding tert-OH is 1. The first-order valence-electron chi connectivity index (χ1n) is 9.71. The molecule has 0 aliphatic rings. The molecule has 0 spiro atoms. The standard InChI is InChI=1S/C24H25NO3/c1-2-25(15-18-8-4-3-5-9-18)16-19(26)17-27-20-12-13-24-22(14-20)21-10-6-7-11-23(21)28-24/h3-14,19,26H,2,15-17H2,1H3. The lowest BCUT2D eigenvalue weighted by atomic mass is 10.1. The van der Waals surface area contributed by atoms with Crippen molar-refractivity contribution in [3.8, 4) is 5.75 Å². The zero-order valence-electron chi connectivity index (χ0n) is 16.0. The maximum Gasteiger partial charge on any atom is 0.135 e. The number of fused-ring (bicyclic) bond motifs is 3. The third kappa shape index (κ3) is 4.19. The number of para-hydroxylation sites is 1. The normalized spacial score (nSPS) is 12.7. The molecule has 1 atom stereocenters. The minimum absolute atomic E-state index is 0.257. The van der Waals surface area contributed by atoms with Gasteiger partial charge in [-0.1, -0.05) is 55.5 Å². The van der Waals surface area contributed by atoms with Crippen molar-refractivity contribution in [3.05, 3.63) is 78.4 Å². The number of furan rings is 1. The number of benzene rings is 3. The van der Waals surface area contributed by atoms with Gasteiger partial charge in [0.05, 0.1) is 0 Å². The van der Waals surface area contributed by atoms with E-state index in [4.69, 9.17) is 9.15 Å². The van der Waals surface area contributed by atoms with Crippen LogP contribution >= 0.6 is 0 Å². The Balaban J connectivity index is 1.38. The van der Waals surface area contributed by atoms with Crippen molar-refractivity contribution < 1.29 is 14.3 Å². The number of rotatable bonds is 8. The summed E-state index contributed by atoms with van der Waals surface area (Å²) in [5.74, 6) is 0.740. The van der Waals surface area contributed by atoms with Gasteiger partial charge in [-0.25, -0.2) is 0 Å². The number of ether oxygens (including phenoxy) is 1. The Labute approximate surface area is 165 Å². The van der Waals surface area contributed by atoms with E-state index in [0.717, 1.165) is 40.8 Å². The Hall–Kier alpha value is -2.82. The van der Waals surface area contributed by atoms with Crippen LogP contribution in [0.4, 0.5) is 0 Å². The van der Waals surface area contributed by atoms with E-state index in [1.54, 1.807) is 0 Å². The van der Waals surface area contributed by atoms with Crippen molar-refractivity contribution in [2.24, 2.45) is 0 Å². The van der Waals surface area contributed by atoms with E-state index in [0.29, 0.717) is 6.54 Å². The van der Waals surface area contributed by atoms with Crippen molar-refractivity contribution in [1.29, 1.82) is 0 Å². The van der Waals surface area contributed by atoms with Crippen molar-refractivity contribution >= 4 is 21.9 Å². The second-order valence-corrected chi connectivity index (χ2v) is 7.03. The summed E-state index contributed by atoms with van der Waals surface area (Å²) in [6.07, 6.45) is -0.555. The minimum Gasteiger partial charge on any atom is -0.491 e. The van der Waals surface area contributed by atoms with Gasteiger partial charge >= 0.3 is 0 Å². The summed E-state index contributed by atoms with van der Waals surface area (Å²) >= 11 is 0. The molecule has 4 nitrogen and oxygen atoms in total. The Morgan fingerprint density at radius 2 is 1.68 bits per heavy atom. The Kier molecular flexibility index (Phi) is 5.60. The molecule has 0 amide bonds. The first-order valence-corrected chi connectivity index (χ1v) is 9.71. The van der Waals surface area contributed by atoms with Crippen LogP contribution in [0.15, 0.2) is 77.2 Å². The summed E-state index contributed by atoms with van der Waals surface area (Å²) < 4.78 is 11.7. The van der Waals surface area contributed by atoms with Gasteiger partial charge in [-0.2, -0.15) is 0 Å². The highest BCUT2D eigenvalue weighted by Crippen LogP contribution is 2.31. The first-order chi connectivity index (χ1) is 13.7. The fraction of sp³-hybridized carbons (Fsp3) is 0.250. The van der Waals surface area contributed by atoms with Crippen LogP contribution in [0.5, 0.6) is 5.75 Å². The third-order valence-electron chi connectivity index (χ3n) is 4.96. The summed E-state index contributed by atoms with van der Waals surface area (Å²) in [5, 5.41) is 12.6. The third-order valence-corrected chi connectivity index (χ3v) is 4.96. The van der Waals surface area contributed by atoms with Crippen LogP contribution in [-0.4, -0.2) is 35.8 Å². The molecule has 1 N–H and O–H groups in total. The smallest absolute Gasteiger partial charge is 0.135 e. The van der Waals surface area contributed by atoms with Gasteiger partial charge in [0, 0.05) is 23.9 Å². The van der Waals surface area contributed by atoms with Crippen LogP contribution in [0.1, 0.15) is 12.5 Å². The van der Waals surface area contributed by atoms with Gasteiger partial charge in [0.25, 0.3) is 0 Å². The average molecular weight is 375 g/mol.